The van der Waals surface area contributed by atoms with Gasteiger partial charge in [0.25, 0.3) is 0 Å². The van der Waals surface area contributed by atoms with Crippen LogP contribution in [-0.4, -0.2) is 23.8 Å². The summed E-state index contributed by atoms with van der Waals surface area (Å²) in [6, 6.07) is 0.594. The second kappa shape index (κ2) is 7.88. The van der Waals surface area contributed by atoms with E-state index in [0.29, 0.717) is 22.8 Å². The summed E-state index contributed by atoms with van der Waals surface area (Å²) < 4.78 is 0. The van der Waals surface area contributed by atoms with Gasteiger partial charge in [-0.2, -0.15) is 0 Å². The molecule has 0 bridgehead atoms. The van der Waals surface area contributed by atoms with Gasteiger partial charge in [0.1, 0.15) is 0 Å². The third-order valence-corrected chi connectivity index (χ3v) is 10.5. The van der Waals surface area contributed by atoms with Gasteiger partial charge in [0, 0.05) is 6.04 Å². The zero-order chi connectivity index (χ0) is 20.1. The van der Waals surface area contributed by atoms with Crippen LogP contribution < -0.4 is 5.32 Å². The molecule has 4 saturated carbocycles. The van der Waals surface area contributed by atoms with Gasteiger partial charge < -0.3 is 10.4 Å². The highest BCUT2D eigenvalue weighted by atomic mass is 16.3. The standard InChI is InChI=1S/C26H47NO/c1-17(2)27-15-12-18(3)20-9-10-21-24-22(11-14-26(20,21)5)25(4)13-7-6-8-19(25)16-23(24)28/h17-24,27-28H,6-16H2,1-5H3/t18-,19?,20?,21?,22?,23?,24?,25?,26?/m1/s1. The van der Waals surface area contributed by atoms with Crippen LogP contribution in [0.1, 0.15) is 98.8 Å². The molecule has 4 aliphatic carbocycles. The Morgan fingerprint density at radius 3 is 2.43 bits per heavy atom. The maximum Gasteiger partial charge on any atom is 0.0577 e. The number of hydrogen-bond donors (Lipinski definition) is 2. The fraction of sp³-hybridized carbons (Fsp3) is 1.00. The molecule has 0 aliphatic heterocycles. The van der Waals surface area contributed by atoms with Gasteiger partial charge in [0.05, 0.1) is 6.10 Å². The second-order valence-electron chi connectivity index (χ2n) is 12.1. The lowest BCUT2D eigenvalue weighted by Gasteiger charge is -2.62. The average molecular weight is 390 g/mol. The highest BCUT2D eigenvalue weighted by molar-refractivity contribution is 5.11. The van der Waals surface area contributed by atoms with E-state index in [1.807, 2.05) is 0 Å². The van der Waals surface area contributed by atoms with Crippen LogP contribution in [0.25, 0.3) is 0 Å². The minimum absolute atomic E-state index is 0.0255. The zero-order valence-electron chi connectivity index (χ0n) is 19.3. The number of rotatable bonds is 5. The van der Waals surface area contributed by atoms with E-state index < -0.39 is 0 Å². The second-order valence-corrected chi connectivity index (χ2v) is 12.1. The number of fused-ring (bicyclic) bond motifs is 5. The number of hydrogen-bond acceptors (Lipinski definition) is 2. The van der Waals surface area contributed by atoms with E-state index in [2.05, 4.69) is 39.9 Å². The Morgan fingerprint density at radius 2 is 1.68 bits per heavy atom. The van der Waals surface area contributed by atoms with Crippen LogP contribution in [0, 0.1) is 46.3 Å². The molecule has 4 rings (SSSR count). The van der Waals surface area contributed by atoms with E-state index in [4.69, 9.17) is 0 Å². The van der Waals surface area contributed by atoms with Gasteiger partial charge in [0.15, 0.2) is 0 Å². The maximum absolute atomic E-state index is 11.3. The molecule has 8 unspecified atom stereocenters. The molecule has 2 N–H and O–H groups in total. The highest BCUT2D eigenvalue weighted by Gasteiger charge is 2.62. The fourth-order valence-electron chi connectivity index (χ4n) is 9.03. The lowest BCUT2D eigenvalue weighted by molar-refractivity contribution is -0.164. The van der Waals surface area contributed by atoms with Crippen molar-refractivity contribution < 1.29 is 5.11 Å². The molecule has 4 aliphatic rings. The Hall–Kier alpha value is -0.0800. The Bertz CT molecular complexity index is 547. The van der Waals surface area contributed by atoms with Crippen molar-refractivity contribution in [2.24, 2.45) is 46.3 Å². The minimum atomic E-state index is -0.0255. The SMILES string of the molecule is CC(C)NCC[C@@H](C)C1CCC2C3C(O)CC4CCCCC4(C)C3CCC21C. The van der Waals surface area contributed by atoms with Crippen molar-refractivity contribution in [3.05, 3.63) is 0 Å². The lowest BCUT2D eigenvalue weighted by atomic mass is 9.44. The summed E-state index contributed by atoms with van der Waals surface area (Å²) >= 11 is 0. The van der Waals surface area contributed by atoms with Crippen molar-refractivity contribution in [2.45, 2.75) is 111 Å². The molecule has 0 aromatic carbocycles. The predicted octanol–water partition coefficient (Wildman–Crippen LogP) is 6.03. The van der Waals surface area contributed by atoms with Crippen molar-refractivity contribution in [3.8, 4) is 0 Å². The Morgan fingerprint density at radius 1 is 0.929 bits per heavy atom. The van der Waals surface area contributed by atoms with Crippen LogP contribution in [0.15, 0.2) is 0 Å². The van der Waals surface area contributed by atoms with Crippen molar-refractivity contribution in [2.75, 3.05) is 6.54 Å². The normalized spacial score (nSPS) is 49.4. The Kier molecular flexibility index (Phi) is 5.95. The van der Waals surface area contributed by atoms with Crippen LogP contribution >= 0.6 is 0 Å². The van der Waals surface area contributed by atoms with Crippen molar-refractivity contribution in [1.82, 2.24) is 5.32 Å². The van der Waals surface area contributed by atoms with Gasteiger partial charge in [-0.25, -0.2) is 0 Å². The topological polar surface area (TPSA) is 32.3 Å². The number of aliphatic hydroxyl groups excluding tert-OH is 1. The van der Waals surface area contributed by atoms with Crippen molar-refractivity contribution in [3.63, 3.8) is 0 Å². The van der Waals surface area contributed by atoms with Gasteiger partial charge in [-0.3, -0.25) is 0 Å². The van der Waals surface area contributed by atoms with E-state index >= 15 is 0 Å². The smallest absolute Gasteiger partial charge is 0.0577 e. The molecule has 0 heterocycles. The third-order valence-electron chi connectivity index (χ3n) is 10.5. The van der Waals surface area contributed by atoms with Gasteiger partial charge in [-0.05, 0) is 104 Å². The lowest BCUT2D eigenvalue weighted by Crippen LogP contribution is -2.57. The molecule has 2 heteroatoms. The van der Waals surface area contributed by atoms with E-state index in [9.17, 15) is 5.11 Å². The average Bonchev–Trinajstić information content (AvgIpc) is 2.99. The van der Waals surface area contributed by atoms with Gasteiger partial charge >= 0.3 is 0 Å². The van der Waals surface area contributed by atoms with Crippen LogP contribution in [0.4, 0.5) is 0 Å². The number of nitrogens with one attached hydrogen (secondary N) is 1. The van der Waals surface area contributed by atoms with E-state index in [0.717, 1.165) is 42.6 Å². The molecule has 9 atom stereocenters. The summed E-state index contributed by atoms with van der Waals surface area (Å²) in [7, 11) is 0. The summed E-state index contributed by atoms with van der Waals surface area (Å²) in [4.78, 5) is 0. The Labute approximate surface area is 174 Å². The van der Waals surface area contributed by atoms with Crippen LogP contribution in [0.3, 0.4) is 0 Å². The molecule has 0 saturated heterocycles. The van der Waals surface area contributed by atoms with Gasteiger partial charge in [-0.1, -0.05) is 47.5 Å². The molecule has 0 amide bonds. The summed E-state index contributed by atoms with van der Waals surface area (Å²) in [6.07, 6.45) is 13.6. The molecule has 2 nitrogen and oxygen atoms in total. The largest absolute Gasteiger partial charge is 0.393 e. The zero-order valence-corrected chi connectivity index (χ0v) is 19.3. The molecule has 4 fully saturated rings. The molecular weight excluding hydrogens is 342 g/mol. The molecule has 0 aromatic heterocycles. The summed E-state index contributed by atoms with van der Waals surface area (Å²) in [5, 5.41) is 15.0. The third kappa shape index (κ3) is 3.39. The van der Waals surface area contributed by atoms with Crippen LogP contribution in [-0.2, 0) is 0 Å². The summed E-state index contributed by atoms with van der Waals surface area (Å²) in [6.45, 7) is 13.4. The minimum Gasteiger partial charge on any atom is -0.393 e. The molecule has 0 aromatic rings. The summed E-state index contributed by atoms with van der Waals surface area (Å²) in [5.74, 6) is 4.60. The molecular formula is C26H47NO. The van der Waals surface area contributed by atoms with E-state index in [1.54, 1.807) is 0 Å². The molecule has 162 valence electrons. The van der Waals surface area contributed by atoms with Gasteiger partial charge in [-0.15, -0.1) is 0 Å². The van der Waals surface area contributed by atoms with E-state index in [-0.39, 0.29) is 6.10 Å². The molecule has 0 spiro atoms. The van der Waals surface area contributed by atoms with Crippen molar-refractivity contribution in [1.29, 1.82) is 0 Å². The van der Waals surface area contributed by atoms with Crippen molar-refractivity contribution >= 4 is 0 Å². The quantitative estimate of drug-likeness (QED) is 0.601. The monoisotopic (exact) mass is 389 g/mol. The predicted molar refractivity (Wildman–Crippen MR) is 118 cm³/mol. The van der Waals surface area contributed by atoms with Gasteiger partial charge in [0.2, 0.25) is 0 Å². The first-order valence-corrected chi connectivity index (χ1v) is 12.7. The van der Waals surface area contributed by atoms with Crippen LogP contribution in [0.2, 0.25) is 0 Å². The molecule has 28 heavy (non-hydrogen) atoms. The Balaban J connectivity index is 1.50. The first-order chi connectivity index (χ1) is 13.3. The van der Waals surface area contributed by atoms with E-state index in [1.165, 1.54) is 57.8 Å². The maximum atomic E-state index is 11.3. The molecule has 0 radical (unpaired) electrons. The van der Waals surface area contributed by atoms with Crippen LogP contribution in [0.5, 0.6) is 0 Å². The first kappa shape index (κ1) is 21.2. The first-order valence-electron chi connectivity index (χ1n) is 12.7. The fourth-order valence-corrected chi connectivity index (χ4v) is 9.03. The summed E-state index contributed by atoms with van der Waals surface area (Å²) in [5.41, 5.74) is 0.992. The number of aliphatic hydroxyl groups is 1. The highest BCUT2D eigenvalue weighted by Crippen LogP contribution is 2.68.